The lowest BCUT2D eigenvalue weighted by molar-refractivity contribution is -0.0107. The number of piperidine rings is 1. The highest BCUT2D eigenvalue weighted by Gasteiger charge is 2.35. The smallest absolute Gasteiger partial charge is 0.410 e. The number of nitrogens with zero attached hydrogens (tertiary/aromatic N) is 3. The van der Waals surface area contributed by atoms with Crippen LogP contribution in [0.2, 0.25) is 0 Å². The monoisotopic (exact) mass is 338 g/mol. The fourth-order valence-corrected chi connectivity index (χ4v) is 4.01. The minimum absolute atomic E-state index is 0.158. The Morgan fingerprint density at radius 3 is 2.29 bits per heavy atom. The fourth-order valence-electron chi connectivity index (χ4n) is 4.01. The Balaban J connectivity index is 1.32. The van der Waals surface area contributed by atoms with Crippen LogP contribution in [-0.4, -0.2) is 91.3 Å². The van der Waals surface area contributed by atoms with E-state index in [1.54, 1.807) is 0 Å². The van der Waals surface area contributed by atoms with E-state index in [0.29, 0.717) is 5.92 Å². The Kier molecular flexibility index (Phi) is 5.67. The predicted molar refractivity (Wildman–Crippen MR) is 95.2 cm³/mol. The molecule has 0 unspecified atom stereocenters. The van der Waals surface area contributed by atoms with Crippen LogP contribution in [0, 0.1) is 5.92 Å². The molecule has 0 aromatic rings. The first-order chi connectivity index (χ1) is 11.4. The topological polar surface area (TPSA) is 48.1 Å². The third-order valence-corrected chi connectivity index (χ3v) is 5.36. The minimum atomic E-state index is -0.396. The Morgan fingerprint density at radius 1 is 1.08 bits per heavy atom. The first-order valence-electron chi connectivity index (χ1n) is 9.56. The summed E-state index contributed by atoms with van der Waals surface area (Å²) >= 11 is 0. The van der Waals surface area contributed by atoms with Gasteiger partial charge in [-0.3, -0.25) is 4.90 Å². The third-order valence-electron chi connectivity index (χ3n) is 5.36. The standard InChI is InChI=1S/C18H34N4O2/c1-18(2,3)24-17(23)22-13-15(14-22)12-20-8-10-21(11-9-20)16-4-6-19-7-5-16/h15-16,19H,4-14H2,1-3H3. The van der Waals surface area contributed by atoms with Gasteiger partial charge in [-0.25, -0.2) is 4.79 Å². The van der Waals surface area contributed by atoms with Crippen LogP contribution >= 0.6 is 0 Å². The van der Waals surface area contributed by atoms with Crippen LogP contribution in [0.4, 0.5) is 4.79 Å². The van der Waals surface area contributed by atoms with Crippen LogP contribution in [0.5, 0.6) is 0 Å². The van der Waals surface area contributed by atoms with E-state index in [1.807, 2.05) is 25.7 Å². The number of hydrogen-bond acceptors (Lipinski definition) is 5. The van der Waals surface area contributed by atoms with Crippen molar-refractivity contribution >= 4 is 6.09 Å². The van der Waals surface area contributed by atoms with E-state index in [2.05, 4.69) is 15.1 Å². The molecule has 24 heavy (non-hydrogen) atoms. The van der Waals surface area contributed by atoms with E-state index in [4.69, 9.17) is 4.74 Å². The van der Waals surface area contributed by atoms with Crippen molar-refractivity contribution in [3.63, 3.8) is 0 Å². The highest BCUT2D eigenvalue weighted by atomic mass is 16.6. The molecule has 3 aliphatic rings. The van der Waals surface area contributed by atoms with Gasteiger partial charge < -0.3 is 19.9 Å². The molecule has 0 spiro atoms. The number of nitrogens with one attached hydrogen (secondary N) is 1. The zero-order chi connectivity index (χ0) is 17.2. The molecule has 0 radical (unpaired) electrons. The average molecular weight is 338 g/mol. The second kappa shape index (κ2) is 7.58. The lowest BCUT2D eigenvalue weighted by Gasteiger charge is -2.45. The number of amides is 1. The van der Waals surface area contributed by atoms with Gasteiger partial charge in [0.25, 0.3) is 0 Å². The zero-order valence-corrected chi connectivity index (χ0v) is 15.6. The van der Waals surface area contributed by atoms with Crippen LogP contribution in [0.3, 0.4) is 0 Å². The molecule has 1 N–H and O–H groups in total. The van der Waals surface area contributed by atoms with Crippen molar-refractivity contribution < 1.29 is 9.53 Å². The van der Waals surface area contributed by atoms with Gasteiger partial charge in [0.05, 0.1) is 0 Å². The molecule has 0 saturated carbocycles. The summed E-state index contributed by atoms with van der Waals surface area (Å²) in [7, 11) is 0. The van der Waals surface area contributed by atoms with Gasteiger partial charge in [0, 0.05) is 57.8 Å². The van der Waals surface area contributed by atoms with Gasteiger partial charge >= 0.3 is 6.09 Å². The van der Waals surface area contributed by atoms with E-state index in [9.17, 15) is 4.79 Å². The van der Waals surface area contributed by atoms with E-state index in [0.717, 1.165) is 25.7 Å². The van der Waals surface area contributed by atoms with Gasteiger partial charge in [-0.2, -0.15) is 0 Å². The number of likely N-dealkylation sites (tertiary alicyclic amines) is 1. The molecule has 3 rings (SSSR count). The highest BCUT2D eigenvalue weighted by molar-refractivity contribution is 5.69. The van der Waals surface area contributed by atoms with Crippen molar-refractivity contribution in [1.29, 1.82) is 0 Å². The van der Waals surface area contributed by atoms with Crippen molar-refractivity contribution in [2.75, 3.05) is 58.9 Å². The second-order valence-corrected chi connectivity index (χ2v) is 8.57. The number of carbonyl (C=O) groups is 1. The Labute approximate surface area is 146 Å². The van der Waals surface area contributed by atoms with Gasteiger partial charge in [0.15, 0.2) is 0 Å². The molecule has 3 saturated heterocycles. The summed E-state index contributed by atoms with van der Waals surface area (Å²) in [6, 6.07) is 0.791. The van der Waals surface area contributed by atoms with Gasteiger partial charge in [-0.15, -0.1) is 0 Å². The normalized spacial score (nSPS) is 25.5. The number of piperazine rings is 1. The van der Waals surface area contributed by atoms with E-state index < -0.39 is 5.60 Å². The summed E-state index contributed by atoms with van der Waals surface area (Å²) in [6.45, 7) is 15.7. The van der Waals surface area contributed by atoms with Gasteiger partial charge in [-0.05, 0) is 46.7 Å². The lowest BCUT2D eigenvalue weighted by Crippen LogP contribution is -2.58. The largest absolute Gasteiger partial charge is 0.444 e. The Hall–Kier alpha value is -0.850. The number of carbonyl (C=O) groups excluding carboxylic acids is 1. The summed E-state index contributed by atoms with van der Waals surface area (Å²) in [5.74, 6) is 0.614. The van der Waals surface area contributed by atoms with Crippen LogP contribution in [0.15, 0.2) is 0 Å². The number of ether oxygens (including phenoxy) is 1. The van der Waals surface area contributed by atoms with E-state index in [-0.39, 0.29) is 6.09 Å². The highest BCUT2D eigenvalue weighted by Crippen LogP contribution is 2.22. The second-order valence-electron chi connectivity index (χ2n) is 8.57. The molecule has 3 aliphatic heterocycles. The molecule has 6 nitrogen and oxygen atoms in total. The molecule has 0 aromatic carbocycles. The molecular formula is C18H34N4O2. The van der Waals surface area contributed by atoms with Gasteiger partial charge in [0.1, 0.15) is 5.60 Å². The van der Waals surface area contributed by atoms with Crippen LogP contribution in [-0.2, 0) is 4.74 Å². The van der Waals surface area contributed by atoms with Crippen molar-refractivity contribution in [2.45, 2.75) is 45.3 Å². The SMILES string of the molecule is CC(C)(C)OC(=O)N1CC(CN2CCN(C3CCNCC3)CC2)C1. The maximum atomic E-state index is 12.0. The average Bonchev–Trinajstić information content (AvgIpc) is 2.50. The van der Waals surface area contributed by atoms with Crippen molar-refractivity contribution in [3.05, 3.63) is 0 Å². The molecule has 3 fully saturated rings. The lowest BCUT2D eigenvalue weighted by atomic mass is 9.99. The quantitative estimate of drug-likeness (QED) is 0.839. The van der Waals surface area contributed by atoms with E-state index in [1.165, 1.54) is 52.1 Å². The van der Waals surface area contributed by atoms with Gasteiger partial charge in [0.2, 0.25) is 0 Å². The number of rotatable bonds is 3. The molecule has 1 amide bonds. The first kappa shape index (κ1) is 18.0. The molecule has 3 heterocycles. The van der Waals surface area contributed by atoms with Crippen LogP contribution in [0.25, 0.3) is 0 Å². The van der Waals surface area contributed by atoms with Crippen LogP contribution in [0.1, 0.15) is 33.6 Å². The van der Waals surface area contributed by atoms with Crippen molar-refractivity contribution in [3.8, 4) is 0 Å². The maximum Gasteiger partial charge on any atom is 0.410 e. The summed E-state index contributed by atoms with van der Waals surface area (Å²) < 4.78 is 5.42. The molecule has 0 aromatic heterocycles. The minimum Gasteiger partial charge on any atom is -0.444 e. The summed E-state index contributed by atoms with van der Waals surface area (Å²) in [6.07, 6.45) is 2.44. The molecule has 138 valence electrons. The third kappa shape index (κ3) is 4.83. The van der Waals surface area contributed by atoms with E-state index >= 15 is 0 Å². The summed E-state index contributed by atoms with van der Waals surface area (Å²) in [5.41, 5.74) is -0.396. The summed E-state index contributed by atoms with van der Waals surface area (Å²) in [5, 5.41) is 3.45. The first-order valence-corrected chi connectivity index (χ1v) is 9.56. The Morgan fingerprint density at radius 2 is 1.71 bits per heavy atom. The molecular weight excluding hydrogens is 304 g/mol. The number of hydrogen-bond donors (Lipinski definition) is 1. The molecule has 0 atom stereocenters. The van der Waals surface area contributed by atoms with Crippen molar-refractivity contribution in [1.82, 2.24) is 20.0 Å². The van der Waals surface area contributed by atoms with Gasteiger partial charge in [-0.1, -0.05) is 0 Å². The predicted octanol–water partition coefficient (Wildman–Crippen LogP) is 1.22. The molecule has 0 bridgehead atoms. The van der Waals surface area contributed by atoms with Crippen LogP contribution < -0.4 is 5.32 Å². The maximum absolute atomic E-state index is 12.0. The molecule has 6 heteroatoms. The van der Waals surface area contributed by atoms with Crippen molar-refractivity contribution in [2.24, 2.45) is 5.92 Å². The molecule has 0 aliphatic carbocycles. The summed E-state index contributed by atoms with van der Waals surface area (Å²) in [4.78, 5) is 19.1. The Bertz CT molecular complexity index is 417. The fraction of sp³-hybridized carbons (Fsp3) is 0.944. The zero-order valence-electron chi connectivity index (χ0n) is 15.6.